The van der Waals surface area contributed by atoms with E-state index in [1.807, 2.05) is 30.6 Å². The maximum atomic E-state index is 14.0. The van der Waals surface area contributed by atoms with Crippen molar-refractivity contribution >= 4 is 22.7 Å². The molecule has 1 aromatic carbocycles. The number of benzene rings is 1. The first-order valence-corrected chi connectivity index (χ1v) is 8.85. The van der Waals surface area contributed by atoms with Gasteiger partial charge in [-0.15, -0.1) is 0 Å². The van der Waals surface area contributed by atoms with E-state index in [1.54, 1.807) is 18.5 Å². The van der Waals surface area contributed by atoms with Gasteiger partial charge in [0.1, 0.15) is 41.2 Å². The van der Waals surface area contributed by atoms with E-state index in [0.29, 0.717) is 22.7 Å². The van der Waals surface area contributed by atoms with E-state index in [1.165, 1.54) is 18.5 Å². The summed E-state index contributed by atoms with van der Waals surface area (Å²) in [4.78, 5) is 16.9. The molecule has 0 saturated carbocycles. The summed E-state index contributed by atoms with van der Waals surface area (Å²) < 4.78 is 15.8. The molecule has 144 valence electrons. The second kappa shape index (κ2) is 7.16. The summed E-state index contributed by atoms with van der Waals surface area (Å²) in [6, 6.07) is 8.00. The molecule has 0 aliphatic carbocycles. The van der Waals surface area contributed by atoms with Gasteiger partial charge in [-0.3, -0.25) is 9.55 Å². The average Bonchev–Trinajstić information content (AvgIpc) is 3.07. The van der Waals surface area contributed by atoms with Crippen LogP contribution in [-0.2, 0) is 0 Å². The topological polar surface area (TPSA) is 118 Å². The fourth-order valence-corrected chi connectivity index (χ4v) is 3.18. The molecular formula is C20H17FN8. The lowest BCUT2D eigenvalue weighted by atomic mass is 10.2. The number of nitrogens with two attached hydrogens (primary N) is 1. The van der Waals surface area contributed by atoms with E-state index in [9.17, 15) is 9.65 Å². The first-order chi connectivity index (χ1) is 14.0. The Hall–Kier alpha value is -4.06. The van der Waals surface area contributed by atoms with Gasteiger partial charge in [0.2, 0.25) is 0 Å². The number of aryl methyl sites for hydroxylation is 1. The molecule has 9 heteroatoms. The second-order valence-electron chi connectivity index (χ2n) is 6.62. The van der Waals surface area contributed by atoms with Crippen molar-refractivity contribution in [3.8, 4) is 11.8 Å². The minimum absolute atomic E-state index is 0.0932. The number of nitriles is 1. The number of pyridine rings is 1. The van der Waals surface area contributed by atoms with Gasteiger partial charge in [0.15, 0.2) is 0 Å². The minimum atomic E-state index is -0.382. The summed E-state index contributed by atoms with van der Waals surface area (Å²) in [5.74, 6) is 0.649. The van der Waals surface area contributed by atoms with Crippen molar-refractivity contribution in [2.24, 2.45) is 0 Å². The highest BCUT2D eigenvalue weighted by Gasteiger charge is 2.21. The van der Waals surface area contributed by atoms with E-state index in [-0.39, 0.29) is 23.2 Å². The van der Waals surface area contributed by atoms with Gasteiger partial charge >= 0.3 is 0 Å². The number of halogens is 1. The van der Waals surface area contributed by atoms with Gasteiger partial charge in [-0.25, -0.2) is 19.3 Å². The highest BCUT2D eigenvalue weighted by Crippen LogP contribution is 2.28. The van der Waals surface area contributed by atoms with Crippen molar-refractivity contribution in [1.82, 2.24) is 24.5 Å². The molecule has 0 aliphatic rings. The molecular weight excluding hydrogens is 371 g/mol. The quantitative estimate of drug-likeness (QED) is 0.551. The standard InChI is InChI=1S/C20H17FN8/c1-11-5-14(9-24-8-11)29-17-6-13(21)3-4-16(17)28-20(29)12(2)27-19-15(7-22)18(23)25-10-26-19/h3-6,8-10,12H,1-2H3,(H3,23,25,26,27)/t12-/m0/s1. The molecule has 0 fully saturated rings. The van der Waals surface area contributed by atoms with E-state index in [2.05, 4.69) is 25.3 Å². The molecule has 0 spiro atoms. The number of aromatic nitrogens is 5. The van der Waals surface area contributed by atoms with Crippen molar-refractivity contribution in [3.63, 3.8) is 0 Å². The Bertz CT molecular complexity index is 1260. The SMILES string of the molecule is Cc1cncc(-n2c([C@H](C)Nc3ncnc(N)c3C#N)nc3ccc(F)cc32)c1. The van der Waals surface area contributed by atoms with Gasteiger partial charge < -0.3 is 11.1 Å². The number of hydrogen-bond donors (Lipinski definition) is 2. The number of nitrogens with zero attached hydrogens (tertiary/aromatic N) is 6. The predicted octanol–water partition coefficient (Wildman–Crippen LogP) is 3.29. The zero-order valence-electron chi connectivity index (χ0n) is 15.8. The highest BCUT2D eigenvalue weighted by atomic mass is 19.1. The van der Waals surface area contributed by atoms with Gasteiger partial charge in [0.05, 0.1) is 29.0 Å². The molecule has 0 bridgehead atoms. The van der Waals surface area contributed by atoms with E-state index >= 15 is 0 Å². The van der Waals surface area contributed by atoms with Gasteiger partial charge in [0.25, 0.3) is 0 Å². The molecule has 0 saturated heterocycles. The summed E-state index contributed by atoms with van der Waals surface area (Å²) in [5, 5.41) is 12.5. The third-order valence-corrected chi connectivity index (χ3v) is 4.49. The first kappa shape index (κ1) is 18.3. The lowest BCUT2D eigenvalue weighted by molar-refractivity contribution is 0.629. The lowest BCUT2D eigenvalue weighted by Crippen LogP contribution is -2.15. The zero-order valence-corrected chi connectivity index (χ0v) is 15.8. The summed E-state index contributed by atoms with van der Waals surface area (Å²) in [6.45, 7) is 3.80. The number of nitrogen functional groups attached to an aromatic ring is 1. The number of hydrogen-bond acceptors (Lipinski definition) is 7. The molecule has 8 nitrogen and oxygen atoms in total. The normalized spacial score (nSPS) is 11.9. The first-order valence-electron chi connectivity index (χ1n) is 8.85. The summed E-state index contributed by atoms with van der Waals surface area (Å²) in [7, 11) is 0. The molecule has 0 unspecified atom stereocenters. The third kappa shape index (κ3) is 3.32. The van der Waals surface area contributed by atoms with Crippen molar-refractivity contribution in [2.45, 2.75) is 19.9 Å². The minimum Gasteiger partial charge on any atom is -0.382 e. The second-order valence-corrected chi connectivity index (χ2v) is 6.62. The van der Waals surface area contributed by atoms with Gasteiger partial charge in [-0.1, -0.05) is 0 Å². The Morgan fingerprint density at radius 3 is 2.83 bits per heavy atom. The van der Waals surface area contributed by atoms with Crippen LogP contribution in [0.2, 0.25) is 0 Å². The fourth-order valence-electron chi connectivity index (χ4n) is 3.18. The van der Waals surface area contributed by atoms with Crippen LogP contribution in [0.25, 0.3) is 16.7 Å². The molecule has 1 atom stereocenters. The van der Waals surface area contributed by atoms with Gasteiger partial charge in [0, 0.05) is 12.3 Å². The van der Waals surface area contributed by atoms with Crippen LogP contribution in [0, 0.1) is 24.1 Å². The van der Waals surface area contributed by atoms with Gasteiger partial charge in [-0.2, -0.15) is 5.26 Å². The Morgan fingerprint density at radius 1 is 1.24 bits per heavy atom. The Labute approximate surface area is 165 Å². The average molecular weight is 388 g/mol. The molecule has 0 radical (unpaired) electrons. The molecule has 0 aliphatic heterocycles. The zero-order chi connectivity index (χ0) is 20.5. The molecule has 0 amide bonds. The number of fused-ring (bicyclic) bond motifs is 1. The lowest BCUT2D eigenvalue weighted by Gasteiger charge is -2.17. The van der Waals surface area contributed by atoms with Gasteiger partial charge in [-0.05, 0) is 37.6 Å². The van der Waals surface area contributed by atoms with Crippen LogP contribution in [0.1, 0.15) is 29.9 Å². The fraction of sp³-hybridized carbons (Fsp3) is 0.150. The van der Waals surface area contributed by atoms with E-state index in [4.69, 9.17) is 5.73 Å². The summed E-state index contributed by atoms with van der Waals surface area (Å²) in [6.07, 6.45) is 4.72. The predicted molar refractivity (Wildman–Crippen MR) is 107 cm³/mol. The van der Waals surface area contributed by atoms with E-state index in [0.717, 1.165) is 11.3 Å². The van der Waals surface area contributed by atoms with Crippen LogP contribution in [-0.4, -0.2) is 24.5 Å². The molecule has 3 aromatic heterocycles. The number of rotatable bonds is 4. The van der Waals surface area contributed by atoms with Crippen LogP contribution in [0.4, 0.5) is 16.0 Å². The Balaban J connectivity index is 1.87. The van der Waals surface area contributed by atoms with Crippen LogP contribution in [0.5, 0.6) is 0 Å². The van der Waals surface area contributed by atoms with Crippen LogP contribution < -0.4 is 11.1 Å². The highest BCUT2D eigenvalue weighted by molar-refractivity contribution is 5.78. The molecule has 4 rings (SSSR count). The molecule has 4 aromatic rings. The van der Waals surface area contributed by atoms with Crippen LogP contribution in [0.15, 0.2) is 43.0 Å². The van der Waals surface area contributed by atoms with Crippen LogP contribution >= 0.6 is 0 Å². The largest absolute Gasteiger partial charge is 0.382 e. The molecule has 29 heavy (non-hydrogen) atoms. The number of nitrogens with one attached hydrogen (secondary N) is 1. The van der Waals surface area contributed by atoms with Crippen molar-refractivity contribution < 1.29 is 4.39 Å². The smallest absolute Gasteiger partial charge is 0.150 e. The molecule has 3 N–H and O–H groups in total. The van der Waals surface area contributed by atoms with Crippen molar-refractivity contribution in [1.29, 1.82) is 5.26 Å². The summed E-state index contributed by atoms with van der Waals surface area (Å²) >= 11 is 0. The van der Waals surface area contributed by atoms with Crippen molar-refractivity contribution in [2.75, 3.05) is 11.1 Å². The number of anilines is 2. The van der Waals surface area contributed by atoms with Crippen LogP contribution in [0.3, 0.4) is 0 Å². The molecule has 3 heterocycles. The summed E-state index contributed by atoms with van der Waals surface area (Å²) in [5.41, 5.74) is 8.90. The Morgan fingerprint density at radius 2 is 2.07 bits per heavy atom. The maximum absolute atomic E-state index is 14.0. The maximum Gasteiger partial charge on any atom is 0.150 e. The Kier molecular flexibility index (Phi) is 4.52. The van der Waals surface area contributed by atoms with Crippen molar-refractivity contribution in [3.05, 3.63) is 65.8 Å². The third-order valence-electron chi connectivity index (χ3n) is 4.49. The number of imidazole rings is 1. The monoisotopic (exact) mass is 388 g/mol. The van der Waals surface area contributed by atoms with E-state index < -0.39 is 0 Å².